The number of hydrogen-bond acceptors (Lipinski definition) is 2. The van der Waals surface area contributed by atoms with Crippen molar-refractivity contribution in [2.45, 2.75) is 132 Å². The molecule has 0 aromatic rings. The Labute approximate surface area is 218 Å². The molecule has 0 radical (unpaired) electrons. The van der Waals surface area contributed by atoms with E-state index in [2.05, 4.69) is 54.5 Å². The topological polar surface area (TPSA) is 18.5 Å². The molecule has 0 saturated heterocycles. The first-order valence-corrected chi connectivity index (χ1v) is 15.7. The molecule has 4 aliphatic rings. The van der Waals surface area contributed by atoms with E-state index in [1.807, 2.05) is 5.57 Å². The van der Waals surface area contributed by atoms with Crippen LogP contribution in [-0.2, 0) is 9.47 Å². The van der Waals surface area contributed by atoms with Crippen LogP contribution in [0.1, 0.15) is 126 Å². The van der Waals surface area contributed by atoms with Gasteiger partial charge in [-0.3, -0.25) is 0 Å². The van der Waals surface area contributed by atoms with E-state index in [0.29, 0.717) is 10.8 Å². The first-order valence-electron chi connectivity index (χ1n) is 15.7. The maximum Gasteiger partial charge on any atom is 0.157 e. The van der Waals surface area contributed by atoms with Crippen molar-refractivity contribution >= 4 is 0 Å². The second kappa shape index (κ2) is 11.6. The molecular formula is C33H58O2. The molecule has 0 aromatic carbocycles. The van der Waals surface area contributed by atoms with Gasteiger partial charge in [0.25, 0.3) is 0 Å². The predicted octanol–water partition coefficient (Wildman–Crippen LogP) is 9.43. The summed E-state index contributed by atoms with van der Waals surface area (Å²) in [6.07, 6.45) is 19.4. The third-order valence-corrected chi connectivity index (χ3v) is 11.6. The molecule has 8 atom stereocenters. The van der Waals surface area contributed by atoms with Crippen LogP contribution in [-0.4, -0.2) is 19.5 Å². The molecular weight excluding hydrogens is 428 g/mol. The lowest BCUT2D eigenvalue weighted by Gasteiger charge is -2.58. The maximum atomic E-state index is 5.91. The molecule has 4 unspecified atom stereocenters. The van der Waals surface area contributed by atoms with Gasteiger partial charge in [-0.05, 0) is 117 Å². The first kappa shape index (κ1) is 27.7. The van der Waals surface area contributed by atoms with E-state index in [1.54, 1.807) is 0 Å². The van der Waals surface area contributed by atoms with Gasteiger partial charge in [0.15, 0.2) is 6.29 Å². The fourth-order valence-electron chi connectivity index (χ4n) is 9.79. The molecule has 0 aromatic heterocycles. The number of hydrogen-bond donors (Lipinski definition) is 0. The van der Waals surface area contributed by atoms with Crippen LogP contribution in [0, 0.1) is 52.3 Å². The van der Waals surface area contributed by atoms with Gasteiger partial charge < -0.3 is 9.47 Å². The highest BCUT2D eigenvalue weighted by Crippen LogP contribution is 2.67. The van der Waals surface area contributed by atoms with Crippen LogP contribution in [0.3, 0.4) is 0 Å². The summed E-state index contributed by atoms with van der Waals surface area (Å²) < 4.78 is 11.8. The van der Waals surface area contributed by atoms with Crippen LogP contribution in [0.2, 0.25) is 0 Å². The van der Waals surface area contributed by atoms with E-state index < -0.39 is 0 Å². The minimum atomic E-state index is -0.00960. The van der Waals surface area contributed by atoms with Gasteiger partial charge in [0.2, 0.25) is 0 Å². The fourth-order valence-corrected chi connectivity index (χ4v) is 9.79. The van der Waals surface area contributed by atoms with Gasteiger partial charge in [0.1, 0.15) is 0 Å². The summed E-state index contributed by atoms with van der Waals surface area (Å²) in [6.45, 7) is 18.4. The average molecular weight is 487 g/mol. The Kier molecular flexibility index (Phi) is 9.17. The molecule has 4 aliphatic carbocycles. The first-order chi connectivity index (χ1) is 16.7. The number of allylic oxidation sites excluding steroid dienone is 2. The molecule has 2 heteroatoms. The van der Waals surface area contributed by atoms with E-state index in [-0.39, 0.29) is 6.29 Å². The molecule has 2 nitrogen and oxygen atoms in total. The molecule has 202 valence electrons. The average Bonchev–Trinajstić information content (AvgIpc) is 3.16. The molecule has 3 saturated carbocycles. The molecule has 4 rings (SSSR count). The summed E-state index contributed by atoms with van der Waals surface area (Å²) in [4.78, 5) is 0. The highest BCUT2D eigenvalue weighted by atomic mass is 16.7. The summed E-state index contributed by atoms with van der Waals surface area (Å²) in [5, 5.41) is 0. The lowest BCUT2D eigenvalue weighted by atomic mass is 9.46. The van der Waals surface area contributed by atoms with Crippen LogP contribution in [0.15, 0.2) is 11.6 Å². The lowest BCUT2D eigenvalue weighted by molar-refractivity contribution is -0.148. The number of fused-ring (bicyclic) bond motifs is 5. The van der Waals surface area contributed by atoms with Gasteiger partial charge in [-0.25, -0.2) is 0 Å². The molecule has 0 spiro atoms. The molecule has 0 heterocycles. The third kappa shape index (κ3) is 5.59. The Bertz CT molecular complexity index is 706. The van der Waals surface area contributed by atoms with E-state index in [0.717, 1.165) is 61.1 Å². The maximum absolute atomic E-state index is 5.91. The predicted molar refractivity (Wildman–Crippen MR) is 148 cm³/mol. The zero-order valence-electron chi connectivity index (χ0n) is 24.4. The Morgan fingerprint density at radius 2 is 1.66 bits per heavy atom. The smallest absolute Gasteiger partial charge is 0.157 e. The van der Waals surface area contributed by atoms with Crippen molar-refractivity contribution in [3.05, 3.63) is 11.6 Å². The molecule has 3 fully saturated rings. The Morgan fingerprint density at radius 3 is 2.34 bits per heavy atom. The van der Waals surface area contributed by atoms with Crippen molar-refractivity contribution < 1.29 is 9.47 Å². The van der Waals surface area contributed by atoms with Crippen molar-refractivity contribution in [2.24, 2.45) is 52.3 Å². The monoisotopic (exact) mass is 486 g/mol. The third-order valence-electron chi connectivity index (χ3n) is 11.6. The molecule has 0 aliphatic heterocycles. The number of rotatable bonds is 11. The second-order valence-corrected chi connectivity index (χ2v) is 14.0. The van der Waals surface area contributed by atoms with Crippen LogP contribution < -0.4 is 0 Å². The molecule has 0 N–H and O–H groups in total. The van der Waals surface area contributed by atoms with Crippen molar-refractivity contribution in [1.29, 1.82) is 0 Å². The number of ether oxygens (including phenoxy) is 2. The molecule has 0 amide bonds. The Morgan fingerprint density at radius 1 is 0.914 bits per heavy atom. The SMILES string of the molecule is CCOC(CC1CC[C@@]2(C)C(=CCC3C2CC[C@@]2(C)C3CC[C@@H]2[C@H](C)CCCC(C)C)C1)OCC. The standard InChI is InChI=1S/C33H58O2/c1-8-34-31(35-9-2)22-25-17-19-32(6)26(21-25)13-14-27-29-16-15-28(24(5)12-10-11-23(3)4)33(29,7)20-18-30(27)32/h13,23-25,27-31H,8-12,14-22H2,1-7H3/t24-,25?,27?,28-,29?,30?,32+,33-/m1/s1. The van der Waals surface area contributed by atoms with Gasteiger partial charge in [-0.2, -0.15) is 0 Å². The summed E-state index contributed by atoms with van der Waals surface area (Å²) in [6, 6.07) is 0. The summed E-state index contributed by atoms with van der Waals surface area (Å²) in [5.74, 6) is 6.27. The highest BCUT2D eigenvalue weighted by molar-refractivity contribution is 5.25. The van der Waals surface area contributed by atoms with E-state index in [1.165, 1.54) is 70.6 Å². The fraction of sp³-hybridized carbons (Fsp3) is 0.939. The van der Waals surface area contributed by atoms with Gasteiger partial charge in [0, 0.05) is 19.6 Å². The zero-order valence-corrected chi connectivity index (χ0v) is 24.4. The van der Waals surface area contributed by atoms with Crippen molar-refractivity contribution in [1.82, 2.24) is 0 Å². The summed E-state index contributed by atoms with van der Waals surface area (Å²) in [5.41, 5.74) is 2.86. The zero-order chi connectivity index (χ0) is 25.2. The van der Waals surface area contributed by atoms with Gasteiger partial charge in [-0.1, -0.05) is 65.5 Å². The van der Waals surface area contributed by atoms with Crippen molar-refractivity contribution in [3.63, 3.8) is 0 Å². The van der Waals surface area contributed by atoms with Gasteiger partial charge in [-0.15, -0.1) is 0 Å². The molecule has 0 bridgehead atoms. The summed E-state index contributed by atoms with van der Waals surface area (Å²) >= 11 is 0. The minimum Gasteiger partial charge on any atom is -0.353 e. The van der Waals surface area contributed by atoms with Crippen LogP contribution >= 0.6 is 0 Å². The lowest BCUT2D eigenvalue weighted by Crippen LogP contribution is -2.50. The highest BCUT2D eigenvalue weighted by Gasteiger charge is 2.59. The van der Waals surface area contributed by atoms with Crippen LogP contribution in [0.25, 0.3) is 0 Å². The minimum absolute atomic E-state index is 0.00960. The largest absolute Gasteiger partial charge is 0.353 e. The Hall–Kier alpha value is -0.340. The Balaban J connectivity index is 1.42. The van der Waals surface area contributed by atoms with E-state index in [4.69, 9.17) is 9.47 Å². The van der Waals surface area contributed by atoms with Crippen molar-refractivity contribution in [3.8, 4) is 0 Å². The van der Waals surface area contributed by atoms with Crippen LogP contribution in [0.4, 0.5) is 0 Å². The molecule has 35 heavy (non-hydrogen) atoms. The quantitative estimate of drug-likeness (QED) is 0.214. The van der Waals surface area contributed by atoms with Crippen molar-refractivity contribution in [2.75, 3.05) is 13.2 Å². The van der Waals surface area contributed by atoms with Crippen LogP contribution in [0.5, 0.6) is 0 Å². The van der Waals surface area contributed by atoms with E-state index >= 15 is 0 Å². The van der Waals surface area contributed by atoms with Gasteiger partial charge >= 0.3 is 0 Å². The van der Waals surface area contributed by atoms with E-state index in [9.17, 15) is 0 Å². The van der Waals surface area contributed by atoms with Gasteiger partial charge in [0.05, 0.1) is 0 Å². The normalized spacial score (nSPS) is 39.8. The second-order valence-electron chi connectivity index (χ2n) is 14.0. The summed E-state index contributed by atoms with van der Waals surface area (Å²) in [7, 11) is 0.